The number of hydrogen-bond acceptors (Lipinski definition) is 3. The summed E-state index contributed by atoms with van der Waals surface area (Å²) in [6.07, 6.45) is 1.69. The molecule has 0 spiro atoms. The number of H-pyrrole nitrogens is 1. The third kappa shape index (κ3) is 3.21. The Labute approximate surface area is 149 Å². The summed E-state index contributed by atoms with van der Waals surface area (Å²) in [4.78, 5) is 17.5. The van der Waals surface area contributed by atoms with E-state index in [4.69, 9.17) is 0 Å². The van der Waals surface area contributed by atoms with E-state index in [1.165, 1.54) is 5.56 Å². The van der Waals surface area contributed by atoms with Crippen molar-refractivity contribution in [3.8, 4) is 0 Å². The molecule has 0 radical (unpaired) electrons. The number of aromatic nitrogens is 2. The van der Waals surface area contributed by atoms with Crippen LogP contribution in [0.4, 0.5) is 0 Å². The lowest BCUT2D eigenvalue weighted by Gasteiger charge is -2.22. The van der Waals surface area contributed by atoms with Gasteiger partial charge in [0.1, 0.15) is 0 Å². The van der Waals surface area contributed by atoms with Crippen molar-refractivity contribution in [2.24, 2.45) is 11.8 Å². The molecule has 2 fully saturated rings. The van der Waals surface area contributed by atoms with Crippen LogP contribution >= 0.6 is 0 Å². The summed E-state index contributed by atoms with van der Waals surface area (Å²) < 4.78 is 0. The molecule has 3 heterocycles. The molecule has 0 aliphatic carbocycles. The van der Waals surface area contributed by atoms with Crippen LogP contribution in [0.5, 0.6) is 0 Å². The molecule has 1 aromatic carbocycles. The molecule has 2 aliphatic rings. The summed E-state index contributed by atoms with van der Waals surface area (Å²) >= 11 is 0. The van der Waals surface area contributed by atoms with Gasteiger partial charge in [-0.3, -0.25) is 14.8 Å². The summed E-state index contributed by atoms with van der Waals surface area (Å²) in [5.41, 5.74) is 3.07. The highest BCUT2D eigenvalue weighted by atomic mass is 16.2. The molecule has 1 N–H and O–H groups in total. The van der Waals surface area contributed by atoms with E-state index in [0.717, 1.165) is 44.0 Å². The summed E-state index contributed by atoms with van der Waals surface area (Å²) in [5.74, 6) is 1.62. The van der Waals surface area contributed by atoms with Crippen LogP contribution in [0, 0.1) is 11.8 Å². The normalized spacial score (nSPS) is 23.4. The number of amides is 1. The van der Waals surface area contributed by atoms with Crippen LogP contribution in [-0.2, 0) is 6.54 Å². The zero-order valence-electron chi connectivity index (χ0n) is 15.0. The zero-order valence-corrected chi connectivity index (χ0v) is 15.0. The van der Waals surface area contributed by atoms with Gasteiger partial charge in [0.05, 0.1) is 17.5 Å². The van der Waals surface area contributed by atoms with Gasteiger partial charge in [-0.25, -0.2) is 0 Å². The molecule has 2 aromatic rings. The average Bonchev–Trinajstić information content (AvgIpc) is 3.29. The Morgan fingerprint density at radius 2 is 1.84 bits per heavy atom. The van der Waals surface area contributed by atoms with Crippen molar-refractivity contribution in [2.45, 2.75) is 26.3 Å². The second kappa shape index (κ2) is 6.64. The summed E-state index contributed by atoms with van der Waals surface area (Å²) in [6, 6.07) is 10.6. The Balaban J connectivity index is 1.38. The van der Waals surface area contributed by atoms with Crippen LogP contribution in [0.1, 0.15) is 41.4 Å². The van der Waals surface area contributed by atoms with E-state index < -0.39 is 0 Å². The zero-order chi connectivity index (χ0) is 17.4. The first-order valence-corrected chi connectivity index (χ1v) is 9.20. The maximum Gasteiger partial charge on any atom is 0.257 e. The second-order valence-corrected chi connectivity index (χ2v) is 7.76. The predicted octanol–water partition coefficient (Wildman–Crippen LogP) is 2.74. The minimum Gasteiger partial charge on any atom is -0.338 e. The lowest BCUT2D eigenvalue weighted by Crippen LogP contribution is -2.33. The first-order valence-electron chi connectivity index (χ1n) is 9.20. The number of nitrogens with one attached hydrogen (secondary N) is 1. The van der Waals surface area contributed by atoms with Crippen LogP contribution in [0.3, 0.4) is 0 Å². The number of fused-ring (bicyclic) bond motifs is 1. The van der Waals surface area contributed by atoms with Crippen molar-refractivity contribution in [3.63, 3.8) is 0 Å². The molecule has 132 valence electrons. The van der Waals surface area contributed by atoms with Gasteiger partial charge in [0.15, 0.2) is 0 Å². The highest BCUT2D eigenvalue weighted by Gasteiger charge is 2.42. The standard InChI is InChI=1S/C20H26N4O/c1-14(2)19-18(8-21-22-19)20(25)24-12-16-10-23(11-17(16)13-24)9-15-6-4-3-5-7-15/h3-8,14,16-17H,9-13H2,1-2H3,(H,21,22)/t16-,17+. The van der Waals surface area contributed by atoms with Gasteiger partial charge in [0, 0.05) is 32.7 Å². The van der Waals surface area contributed by atoms with Crippen molar-refractivity contribution in [2.75, 3.05) is 26.2 Å². The van der Waals surface area contributed by atoms with Gasteiger partial charge < -0.3 is 4.90 Å². The average molecular weight is 338 g/mol. The quantitative estimate of drug-likeness (QED) is 0.933. The molecule has 5 heteroatoms. The van der Waals surface area contributed by atoms with Crippen LogP contribution in [-0.4, -0.2) is 52.1 Å². The molecule has 0 bridgehead atoms. The minimum absolute atomic E-state index is 0.140. The third-order valence-corrected chi connectivity index (χ3v) is 5.57. The monoisotopic (exact) mass is 338 g/mol. The first kappa shape index (κ1) is 16.3. The highest BCUT2D eigenvalue weighted by Crippen LogP contribution is 2.33. The summed E-state index contributed by atoms with van der Waals surface area (Å²) in [5, 5.41) is 7.07. The number of nitrogens with zero attached hydrogens (tertiary/aromatic N) is 3. The van der Waals surface area contributed by atoms with Gasteiger partial charge in [-0.15, -0.1) is 0 Å². The van der Waals surface area contributed by atoms with Crippen LogP contribution < -0.4 is 0 Å². The van der Waals surface area contributed by atoms with Gasteiger partial charge in [-0.2, -0.15) is 5.10 Å². The second-order valence-electron chi connectivity index (χ2n) is 7.76. The van der Waals surface area contributed by atoms with Crippen LogP contribution in [0.2, 0.25) is 0 Å². The fourth-order valence-corrected chi connectivity index (χ4v) is 4.30. The van der Waals surface area contributed by atoms with E-state index in [9.17, 15) is 4.79 Å². The Hall–Kier alpha value is -2.14. The molecule has 1 amide bonds. The fraction of sp³-hybridized carbons (Fsp3) is 0.500. The van der Waals surface area contributed by atoms with E-state index in [0.29, 0.717) is 11.8 Å². The van der Waals surface area contributed by atoms with Crippen LogP contribution in [0.25, 0.3) is 0 Å². The number of aromatic amines is 1. The van der Waals surface area contributed by atoms with E-state index in [-0.39, 0.29) is 11.8 Å². The van der Waals surface area contributed by atoms with Gasteiger partial charge in [0.2, 0.25) is 0 Å². The lowest BCUT2D eigenvalue weighted by atomic mass is 10.0. The smallest absolute Gasteiger partial charge is 0.257 e. The van der Waals surface area contributed by atoms with Crippen molar-refractivity contribution in [3.05, 3.63) is 53.3 Å². The van der Waals surface area contributed by atoms with Crippen LogP contribution in [0.15, 0.2) is 36.5 Å². The molecule has 2 aliphatic heterocycles. The Morgan fingerprint density at radius 3 is 2.48 bits per heavy atom. The van der Waals surface area contributed by atoms with Crippen molar-refractivity contribution >= 4 is 5.91 Å². The molecule has 0 saturated carbocycles. The maximum absolute atomic E-state index is 12.9. The molecular formula is C20H26N4O. The number of benzene rings is 1. The number of likely N-dealkylation sites (tertiary alicyclic amines) is 2. The van der Waals surface area contributed by atoms with Gasteiger partial charge >= 0.3 is 0 Å². The molecule has 2 atom stereocenters. The number of rotatable bonds is 4. The maximum atomic E-state index is 12.9. The topological polar surface area (TPSA) is 52.2 Å². The largest absolute Gasteiger partial charge is 0.338 e. The Bertz CT molecular complexity index is 725. The lowest BCUT2D eigenvalue weighted by molar-refractivity contribution is 0.0772. The number of hydrogen-bond donors (Lipinski definition) is 1. The highest BCUT2D eigenvalue weighted by molar-refractivity contribution is 5.95. The molecule has 0 unspecified atom stereocenters. The van der Waals surface area contributed by atoms with Gasteiger partial charge in [-0.05, 0) is 23.3 Å². The molecule has 1 aromatic heterocycles. The molecular weight excluding hydrogens is 312 g/mol. The van der Waals surface area contributed by atoms with E-state index in [2.05, 4.69) is 59.3 Å². The van der Waals surface area contributed by atoms with Gasteiger partial charge in [0.25, 0.3) is 5.91 Å². The number of carbonyl (C=O) groups is 1. The third-order valence-electron chi connectivity index (χ3n) is 5.57. The fourth-order valence-electron chi connectivity index (χ4n) is 4.30. The van der Waals surface area contributed by atoms with E-state index in [1.54, 1.807) is 6.20 Å². The van der Waals surface area contributed by atoms with Crippen molar-refractivity contribution < 1.29 is 4.79 Å². The van der Waals surface area contributed by atoms with Crippen molar-refractivity contribution in [1.29, 1.82) is 0 Å². The molecule has 4 rings (SSSR count). The van der Waals surface area contributed by atoms with E-state index in [1.807, 2.05) is 4.90 Å². The molecule has 5 nitrogen and oxygen atoms in total. The predicted molar refractivity (Wildman–Crippen MR) is 97.3 cm³/mol. The first-order chi connectivity index (χ1) is 12.1. The number of carbonyl (C=O) groups excluding carboxylic acids is 1. The summed E-state index contributed by atoms with van der Waals surface area (Å²) in [6.45, 7) is 9.11. The van der Waals surface area contributed by atoms with Crippen molar-refractivity contribution in [1.82, 2.24) is 20.0 Å². The molecule has 25 heavy (non-hydrogen) atoms. The SMILES string of the molecule is CC(C)c1[nH]ncc1C(=O)N1C[C@H]2CN(Cc3ccccc3)C[C@H]2C1. The summed E-state index contributed by atoms with van der Waals surface area (Å²) in [7, 11) is 0. The Kier molecular flexibility index (Phi) is 4.34. The Morgan fingerprint density at radius 1 is 1.16 bits per heavy atom. The van der Waals surface area contributed by atoms with E-state index >= 15 is 0 Å². The van der Waals surface area contributed by atoms with Gasteiger partial charge in [-0.1, -0.05) is 44.2 Å². The molecule has 2 saturated heterocycles. The minimum atomic E-state index is 0.140.